The highest BCUT2D eigenvalue weighted by Crippen LogP contribution is 2.51. The lowest BCUT2D eigenvalue weighted by molar-refractivity contribution is -0.138. The minimum Gasteiger partial charge on any atom is -0.493 e. The summed E-state index contributed by atoms with van der Waals surface area (Å²) in [6.45, 7) is 2.30. The fourth-order valence-corrected chi connectivity index (χ4v) is 5.95. The number of nitrogens with one attached hydrogen (secondary N) is 1. The molecule has 9 nitrogen and oxygen atoms in total. The summed E-state index contributed by atoms with van der Waals surface area (Å²) in [4.78, 5) is 40.1. The number of ether oxygens (including phenoxy) is 2. The Morgan fingerprint density at radius 3 is 2.65 bits per heavy atom. The first-order valence-corrected chi connectivity index (χ1v) is 13.4. The van der Waals surface area contributed by atoms with E-state index >= 15 is 0 Å². The smallest absolute Gasteiger partial charge is 0.247 e. The van der Waals surface area contributed by atoms with Crippen LogP contribution in [0.4, 0.5) is 0 Å². The number of nitrogens with zero attached hydrogens (tertiary/aromatic N) is 1. The largest absolute Gasteiger partial charge is 0.493 e. The monoisotopic (exact) mass is 514 g/mol. The third-order valence-corrected chi connectivity index (χ3v) is 7.73. The summed E-state index contributed by atoms with van der Waals surface area (Å²) in [5.74, 6) is -0.0638. The van der Waals surface area contributed by atoms with Crippen LogP contribution in [0.2, 0.25) is 0 Å². The van der Waals surface area contributed by atoms with Crippen molar-refractivity contribution in [3.8, 4) is 11.5 Å². The molecular weight excluding hydrogens is 476 g/mol. The molecule has 37 heavy (non-hydrogen) atoms. The van der Waals surface area contributed by atoms with Crippen molar-refractivity contribution in [2.45, 2.75) is 76.0 Å². The lowest BCUT2D eigenvalue weighted by Crippen LogP contribution is -2.56. The van der Waals surface area contributed by atoms with Crippen molar-refractivity contribution in [1.29, 1.82) is 0 Å². The standard InChI is InChI=1S/C28H38N2O7/c1-3-7-23(33)30(15-17-8-5-4-6-9-17)21-14-20(28(35)29-10-11-31)24-19-12-18(16-32)13-22(36-2)26(19)37-27(24)25(21)34/h12-14,16-17,21,24-25,27,31,34H,3-11,15H2,1-2H3,(H,29,35). The minimum absolute atomic E-state index is 0.0572. The van der Waals surface area contributed by atoms with Crippen LogP contribution in [-0.2, 0) is 9.59 Å². The second-order valence-corrected chi connectivity index (χ2v) is 10.2. The molecule has 4 rings (SSSR count). The van der Waals surface area contributed by atoms with Crippen molar-refractivity contribution in [3.63, 3.8) is 0 Å². The van der Waals surface area contributed by atoms with E-state index in [-0.39, 0.29) is 19.1 Å². The molecule has 4 unspecified atom stereocenters. The average molecular weight is 515 g/mol. The Kier molecular flexibility index (Phi) is 8.87. The number of carbonyl (C=O) groups excluding carboxylic acids is 3. The molecule has 1 aliphatic heterocycles. The Labute approximate surface area is 217 Å². The van der Waals surface area contributed by atoms with E-state index in [1.807, 2.05) is 6.92 Å². The predicted molar refractivity (Wildman–Crippen MR) is 137 cm³/mol. The molecule has 0 bridgehead atoms. The summed E-state index contributed by atoms with van der Waals surface area (Å²) in [7, 11) is 1.47. The van der Waals surface area contributed by atoms with Crippen LogP contribution in [0.25, 0.3) is 0 Å². The Bertz CT molecular complexity index is 1030. The summed E-state index contributed by atoms with van der Waals surface area (Å²) < 4.78 is 11.7. The lowest BCUT2D eigenvalue weighted by Gasteiger charge is -2.42. The maximum Gasteiger partial charge on any atom is 0.247 e. The highest BCUT2D eigenvalue weighted by atomic mass is 16.5. The Hall–Kier alpha value is -2.91. The number of hydrogen-bond acceptors (Lipinski definition) is 7. The third kappa shape index (κ3) is 5.52. The molecule has 1 saturated carbocycles. The summed E-state index contributed by atoms with van der Waals surface area (Å²) in [6, 6.07) is 2.46. The number of methoxy groups -OCH3 is 1. The van der Waals surface area contributed by atoms with Crippen molar-refractivity contribution in [3.05, 3.63) is 34.9 Å². The Balaban J connectivity index is 1.77. The molecule has 0 aromatic heterocycles. The van der Waals surface area contributed by atoms with Gasteiger partial charge >= 0.3 is 0 Å². The Morgan fingerprint density at radius 1 is 1.24 bits per heavy atom. The number of carbonyl (C=O) groups is 3. The van der Waals surface area contributed by atoms with Gasteiger partial charge in [-0.2, -0.15) is 0 Å². The first-order chi connectivity index (χ1) is 17.9. The minimum atomic E-state index is -1.10. The molecule has 3 N–H and O–H groups in total. The van der Waals surface area contributed by atoms with E-state index in [9.17, 15) is 24.6 Å². The molecule has 1 aromatic carbocycles. The number of amides is 2. The van der Waals surface area contributed by atoms with Gasteiger partial charge in [0.25, 0.3) is 0 Å². The maximum absolute atomic E-state index is 13.4. The first-order valence-electron chi connectivity index (χ1n) is 13.4. The molecule has 0 spiro atoms. The van der Waals surface area contributed by atoms with Gasteiger partial charge in [0.2, 0.25) is 11.8 Å². The molecule has 1 heterocycles. The van der Waals surface area contributed by atoms with E-state index in [0.717, 1.165) is 25.7 Å². The van der Waals surface area contributed by atoms with E-state index < -0.39 is 30.1 Å². The van der Waals surface area contributed by atoms with Gasteiger partial charge in [0, 0.05) is 36.2 Å². The number of fused-ring (bicyclic) bond motifs is 3. The van der Waals surface area contributed by atoms with Gasteiger partial charge < -0.3 is 29.9 Å². The number of aldehydes is 1. The molecule has 3 aliphatic rings. The van der Waals surface area contributed by atoms with Crippen LogP contribution in [-0.4, -0.2) is 78.3 Å². The van der Waals surface area contributed by atoms with Crippen molar-refractivity contribution >= 4 is 18.1 Å². The average Bonchev–Trinajstić information content (AvgIpc) is 3.31. The zero-order valence-electron chi connectivity index (χ0n) is 21.7. The van der Waals surface area contributed by atoms with E-state index in [1.54, 1.807) is 23.1 Å². The number of rotatable bonds is 10. The van der Waals surface area contributed by atoms with Crippen LogP contribution in [0.3, 0.4) is 0 Å². The highest BCUT2D eigenvalue weighted by Gasteiger charge is 2.51. The van der Waals surface area contributed by atoms with Gasteiger partial charge in [-0.3, -0.25) is 14.4 Å². The second kappa shape index (κ2) is 12.1. The molecule has 0 saturated heterocycles. The summed E-state index contributed by atoms with van der Waals surface area (Å²) in [5, 5.41) is 23.6. The van der Waals surface area contributed by atoms with Crippen LogP contribution in [0.15, 0.2) is 23.8 Å². The fraction of sp³-hybridized carbons (Fsp3) is 0.607. The number of hydrogen-bond donors (Lipinski definition) is 3. The first kappa shape index (κ1) is 27.1. The summed E-state index contributed by atoms with van der Waals surface area (Å²) in [6.07, 6.45) is 6.98. The second-order valence-electron chi connectivity index (χ2n) is 10.2. The SMILES string of the molecule is CCCC(=O)N(CC1CCCCC1)C1C=C(C(=O)NCCO)C2c3cc(C=O)cc(OC)c3OC2C1O. The van der Waals surface area contributed by atoms with Gasteiger partial charge in [-0.1, -0.05) is 26.2 Å². The van der Waals surface area contributed by atoms with Crippen LogP contribution in [0.5, 0.6) is 11.5 Å². The van der Waals surface area contributed by atoms with Gasteiger partial charge in [-0.25, -0.2) is 0 Å². The van der Waals surface area contributed by atoms with Crippen molar-refractivity contribution < 1.29 is 34.1 Å². The molecule has 4 atom stereocenters. The number of aliphatic hydroxyl groups excluding tert-OH is 2. The third-order valence-electron chi connectivity index (χ3n) is 7.73. The molecule has 0 radical (unpaired) electrons. The summed E-state index contributed by atoms with van der Waals surface area (Å²) in [5.41, 5.74) is 1.28. The van der Waals surface area contributed by atoms with Gasteiger partial charge in [0.15, 0.2) is 11.5 Å². The van der Waals surface area contributed by atoms with Crippen molar-refractivity contribution in [2.24, 2.45) is 5.92 Å². The number of aliphatic hydroxyl groups is 2. The Morgan fingerprint density at radius 2 is 2.00 bits per heavy atom. The van der Waals surface area contributed by atoms with Gasteiger partial charge in [0.1, 0.15) is 18.5 Å². The van der Waals surface area contributed by atoms with E-state index in [4.69, 9.17) is 9.47 Å². The van der Waals surface area contributed by atoms with Crippen molar-refractivity contribution in [2.75, 3.05) is 26.8 Å². The van der Waals surface area contributed by atoms with E-state index in [1.165, 1.54) is 13.5 Å². The number of benzene rings is 1. The maximum atomic E-state index is 13.4. The van der Waals surface area contributed by atoms with E-state index in [0.29, 0.717) is 59.8 Å². The highest BCUT2D eigenvalue weighted by molar-refractivity contribution is 5.96. The van der Waals surface area contributed by atoms with Gasteiger partial charge in [-0.05, 0) is 43.4 Å². The van der Waals surface area contributed by atoms with E-state index in [2.05, 4.69) is 5.32 Å². The fourth-order valence-electron chi connectivity index (χ4n) is 5.95. The van der Waals surface area contributed by atoms with Crippen LogP contribution >= 0.6 is 0 Å². The lowest BCUT2D eigenvalue weighted by atomic mass is 9.76. The van der Waals surface area contributed by atoms with Crippen molar-refractivity contribution in [1.82, 2.24) is 10.2 Å². The zero-order chi connectivity index (χ0) is 26.5. The quantitative estimate of drug-likeness (QED) is 0.409. The topological polar surface area (TPSA) is 125 Å². The molecule has 202 valence electrons. The normalized spacial score (nSPS) is 24.8. The van der Waals surface area contributed by atoms with Gasteiger partial charge in [0.05, 0.1) is 25.7 Å². The summed E-state index contributed by atoms with van der Waals surface area (Å²) >= 11 is 0. The molecule has 1 aromatic rings. The molecule has 2 amide bonds. The zero-order valence-corrected chi connectivity index (χ0v) is 21.7. The van der Waals surface area contributed by atoms with Gasteiger partial charge in [-0.15, -0.1) is 0 Å². The molecular formula is C28H38N2O7. The van der Waals surface area contributed by atoms with Crippen LogP contribution in [0.1, 0.15) is 73.7 Å². The predicted octanol–water partition coefficient (Wildman–Crippen LogP) is 2.34. The molecule has 9 heteroatoms. The molecule has 1 fully saturated rings. The van der Waals surface area contributed by atoms with Crippen LogP contribution < -0.4 is 14.8 Å². The molecule has 2 aliphatic carbocycles. The van der Waals surface area contributed by atoms with Crippen LogP contribution in [0, 0.1) is 5.92 Å².